The number of benzene rings is 1. The van der Waals surface area contributed by atoms with E-state index in [1.807, 2.05) is 13.1 Å². The molecule has 1 unspecified atom stereocenters. The quantitative estimate of drug-likeness (QED) is 0.560. The van der Waals surface area contributed by atoms with Crippen LogP contribution in [0.2, 0.25) is 18.1 Å². The fourth-order valence-electron chi connectivity index (χ4n) is 4.49. The molecule has 3 heterocycles. The molecule has 0 bridgehead atoms. The molecule has 4 atom stereocenters. The average Bonchev–Trinajstić information content (AvgIpc) is 3.12. The zero-order valence-electron chi connectivity index (χ0n) is 19.1. The van der Waals surface area contributed by atoms with Crippen molar-refractivity contribution in [3.05, 3.63) is 35.4 Å². The van der Waals surface area contributed by atoms with Crippen LogP contribution in [-0.2, 0) is 19.0 Å². The van der Waals surface area contributed by atoms with Crippen molar-refractivity contribution in [1.82, 2.24) is 5.06 Å². The highest BCUT2D eigenvalue weighted by atomic mass is 28.3. The number of aliphatic hydroxyl groups is 1. The summed E-state index contributed by atoms with van der Waals surface area (Å²) in [5, 5.41) is 11.1. The van der Waals surface area contributed by atoms with Crippen molar-refractivity contribution < 1.29 is 33.7 Å². The van der Waals surface area contributed by atoms with Gasteiger partial charge in [0.1, 0.15) is 25.5 Å². The van der Waals surface area contributed by atoms with Crippen molar-refractivity contribution in [3.8, 4) is 0 Å². The van der Waals surface area contributed by atoms with Gasteiger partial charge in [-0.25, -0.2) is 4.84 Å². The molecule has 0 spiro atoms. The summed E-state index contributed by atoms with van der Waals surface area (Å²) in [7, 11) is -2.68. The Balaban J connectivity index is 1.73. The molecule has 2 amide bonds. The molecule has 31 heavy (non-hydrogen) atoms. The number of hydroxylamine groups is 2. The number of rotatable bonds is 3. The van der Waals surface area contributed by atoms with E-state index in [0.717, 1.165) is 0 Å². The van der Waals surface area contributed by atoms with E-state index in [4.69, 9.17) is 19.0 Å². The van der Waals surface area contributed by atoms with Gasteiger partial charge in [0.2, 0.25) is 6.29 Å². The Morgan fingerprint density at radius 2 is 1.65 bits per heavy atom. The Kier molecular flexibility index (Phi) is 5.05. The molecular weight excluding hydrogens is 418 g/mol. The molecule has 3 aliphatic rings. The molecule has 0 radical (unpaired) electrons. The zero-order valence-corrected chi connectivity index (χ0v) is 20.1. The number of fused-ring (bicyclic) bond motifs is 2. The maximum atomic E-state index is 12.9. The highest BCUT2D eigenvalue weighted by Crippen LogP contribution is 2.52. The van der Waals surface area contributed by atoms with Crippen LogP contribution in [-0.4, -0.2) is 66.2 Å². The number of hydrogen-bond donors (Lipinski definition) is 1. The summed E-state index contributed by atoms with van der Waals surface area (Å²) in [6.45, 7) is 13.9. The van der Waals surface area contributed by atoms with Gasteiger partial charge in [-0.15, -0.1) is 5.06 Å². The molecule has 9 heteroatoms. The maximum absolute atomic E-state index is 12.9. The van der Waals surface area contributed by atoms with E-state index in [-0.39, 0.29) is 22.8 Å². The minimum absolute atomic E-state index is 0.110. The molecule has 0 aliphatic carbocycles. The fraction of sp³-hybridized carbons (Fsp3) is 0.636. The molecule has 1 aromatic carbocycles. The maximum Gasteiger partial charge on any atom is 0.285 e. The smallest absolute Gasteiger partial charge is 0.285 e. The topological polar surface area (TPSA) is 94.5 Å². The molecule has 170 valence electrons. The second-order valence-electron chi connectivity index (χ2n) is 10.5. The van der Waals surface area contributed by atoms with E-state index < -0.39 is 49.4 Å². The summed E-state index contributed by atoms with van der Waals surface area (Å²) in [6, 6.07) is 6.53. The molecular formula is C22H31NO7Si. The van der Waals surface area contributed by atoms with Crippen LogP contribution in [0, 0.1) is 0 Å². The van der Waals surface area contributed by atoms with Crippen LogP contribution in [0.15, 0.2) is 24.3 Å². The first-order chi connectivity index (χ1) is 14.2. The van der Waals surface area contributed by atoms with Gasteiger partial charge >= 0.3 is 0 Å². The first-order valence-corrected chi connectivity index (χ1v) is 13.5. The Hall–Kier alpha value is -1.62. The number of ether oxygens (including phenoxy) is 3. The van der Waals surface area contributed by atoms with Crippen LogP contribution in [0.3, 0.4) is 0 Å². The van der Waals surface area contributed by atoms with Crippen LogP contribution in [0.5, 0.6) is 0 Å². The first-order valence-electron chi connectivity index (χ1n) is 10.5. The van der Waals surface area contributed by atoms with Crippen molar-refractivity contribution in [2.75, 3.05) is 6.61 Å². The van der Waals surface area contributed by atoms with Crippen LogP contribution in [0.1, 0.15) is 55.3 Å². The van der Waals surface area contributed by atoms with E-state index in [1.54, 1.807) is 38.1 Å². The van der Waals surface area contributed by atoms with Crippen molar-refractivity contribution in [1.29, 1.82) is 0 Å². The summed E-state index contributed by atoms with van der Waals surface area (Å²) < 4.78 is 18.1. The Labute approximate surface area is 183 Å². The molecule has 0 saturated carbocycles. The van der Waals surface area contributed by atoms with Gasteiger partial charge in [0.25, 0.3) is 11.8 Å². The highest BCUT2D eigenvalue weighted by molar-refractivity contribution is 6.83. The van der Waals surface area contributed by atoms with Gasteiger partial charge < -0.3 is 19.3 Å². The lowest BCUT2D eigenvalue weighted by molar-refractivity contribution is -0.320. The molecule has 2 fully saturated rings. The van der Waals surface area contributed by atoms with Crippen molar-refractivity contribution >= 4 is 19.9 Å². The summed E-state index contributed by atoms with van der Waals surface area (Å²) >= 11 is 0. The van der Waals surface area contributed by atoms with Gasteiger partial charge in [0, 0.05) is 0 Å². The van der Waals surface area contributed by atoms with Crippen molar-refractivity contribution in [2.24, 2.45) is 0 Å². The Bertz CT molecular complexity index is 890. The SMILES string of the molecule is CC1(C)O[C@H]2COC(ON3C(=O)c4ccccc4C3=O)[C@@](O)([Si](C)(C)C(C)(C)C)[C@H]2O1. The van der Waals surface area contributed by atoms with E-state index in [0.29, 0.717) is 5.06 Å². The monoisotopic (exact) mass is 449 g/mol. The summed E-state index contributed by atoms with van der Waals surface area (Å²) in [4.78, 5) is 31.6. The number of carbonyl (C=O) groups excluding carboxylic acids is 2. The van der Waals surface area contributed by atoms with Crippen LogP contribution < -0.4 is 0 Å². The minimum Gasteiger partial charge on any atom is -0.385 e. The van der Waals surface area contributed by atoms with Crippen LogP contribution in [0.4, 0.5) is 0 Å². The van der Waals surface area contributed by atoms with Gasteiger partial charge in [-0.3, -0.25) is 9.59 Å². The third kappa shape index (κ3) is 3.21. The number of hydrogen-bond acceptors (Lipinski definition) is 7. The normalized spacial score (nSPS) is 32.9. The van der Waals surface area contributed by atoms with Crippen molar-refractivity contribution in [2.45, 2.75) is 82.3 Å². The Morgan fingerprint density at radius 1 is 1.10 bits per heavy atom. The minimum atomic E-state index is -2.68. The lowest BCUT2D eigenvalue weighted by atomic mass is 10.0. The highest BCUT2D eigenvalue weighted by Gasteiger charge is 2.69. The standard InChI is InChI=1S/C22H31NO7Si/c1-20(2,3)31(6,7)22(26)16-15(28-21(4,5)29-16)12-27-19(22)30-23-17(24)13-10-8-9-11-14(13)18(23)25/h8-11,15-16,19,26H,12H2,1-7H3/t15-,16-,19?,22-/m0/s1. The average molecular weight is 450 g/mol. The van der Waals surface area contributed by atoms with E-state index in [1.165, 1.54) is 0 Å². The molecule has 4 rings (SSSR count). The summed E-state index contributed by atoms with van der Waals surface area (Å²) in [5.74, 6) is -2.06. The summed E-state index contributed by atoms with van der Waals surface area (Å²) in [6.07, 6.45) is -2.48. The largest absolute Gasteiger partial charge is 0.385 e. The molecule has 2 saturated heterocycles. The number of carbonyl (C=O) groups is 2. The van der Waals surface area contributed by atoms with Crippen LogP contribution in [0.25, 0.3) is 0 Å². The van der Waals surface area contributed by atoms with E-state index in [9.17, 15) is 14.7 Å². The van der Waals surface area contributed by atoms with Gasteiger partial charge in [-0.2, -0.15) is 0 Å². The number of amides is 2. The molecule has 0 aromatic heterocycles. The fourth-order valence-corrected chi connectivity index (χ4v) is 7.38. The molecule has 3 aliphatic heterocycles. The molecule has 1 N–H and O–H groups in total. The zero-order chi connectivity index (χ0) is 23.0. The van der Waals surface area contributed by atoms with E-state index in [2.05, 4.69) is 20.8 Å². The van der Waals surface area contributed by atoms with Gasteiger partial charge in [0.05, 0.1) is 17.7 Å². The number of nitrogens with zero attached hydrogens (tertiary/aromatic N) is 1. The molecule has 8 nitrogen and oxygen atoms in total. The second-order valence-corrected chi connectivity index (χ2v) is 16.1. The van der Waals surface area contributed by atoms with Crippen molar-refractivity contribution in [3.63, 3.8) is 0 Å². The van der Waals surface area contributed by atoms with Gasteiger partial charge in [0.15, 0.2) is 5.79 Å². The third-order valence-electron chi connectivity index (χ3n) is 7.22. The number of imide groups is 1. The lowest BCUT2D eigenvalue weighted by Gasteiger charge is -2.56. The summed E-state index contributed by atoms with van der Waals surface area (Å²) in [5.41, 5.74) is 0.525. The molecule has 1 aromatic rings. The second kappa shape index (κ2) is 6.94. The van der Waals surface area contributed by atoms with Gasteiger partial charge in [-0.1, -0.05) is 46.0 Å². The first kappa shape index (κ1) is 22.6. The van der Waals surface area contributed by atoms with E-state index >= 15 is 0 Å². The Morgan fingerprint density at radius 3 is 2.16 bits per heavy atom. The predicted octanol–water partition coefficient (Wildman–Crippen LogP) is 2.87. The predicted molar refractivity (Wildman–Crippen MR) is 114 cm³/mol. The van der Waals surface area contributed by atoms with Gasteiger partial charge in [-0.05, 0) is 31.0 Å². The lowest BCUT2D eigenvalue weighted by Crippen LogP contribution is -2.76. The van der Waals surface area contributed by atoms with Crippen LogP contribution >= 0.6 is 0 Å². The third-order valence-corrected chi connectivity index (χ3v) is 13.5.